The average Bonchev–Trinajstić information content (AvgIpc) is 2.89. The maximum atomic E-state index is 13.1. The Labute approximate surface area is 207 Å². The molecule has 0 aromatic heterocycles. The smallest absolute Gasteiger partial charge is 0.243 e. The van der Waals surface area contributed by atoms with E-state index in [2.05, 4.69) is 29.2 Å². The van der Waals surface area contributed by atoms with E-state index in [-0.39, 0.29) is 11.8 Å². The van der Waals surface area contributed by atoms with Crippen molar-refractivity contribution < 1.29 is 13.2 Å². The molecule has 2 aromatic rings. The molecule has 0 radical (unpaired) electrons. The van der Waals surface area contributed by atoms with E-state index >= 15 is 0 Å². The SMILES string of the molecule is CSc1ccc(S(=O)(=O)N2CCC(C(=O)N3CCN(CC=Cc4ccccc4)CC3)CC2)cc1. The third-order valence-electron chi connectivity index (χ3n) is 6.66. The molecule has 0 N–H and O–H groups in total. The molecule has 2 saturated heterocycles. The summed E-state index contributed by atoms with van der Waals surface area (Å²) in [6, 6.07) is 17.3. The Hall–Kier alpha value is -2.13. The fourth-order valence-electron chi connectivity index (χ4n) is 4.55. The first-order chi connectivity index (χ1) is 16.5. The Morgan fingerprint density at radius 3 is 2.21 bits per heavy atom. The molecule has 0 bridgehead atoms. The van der Waals surface area contributed by atoms with Crippen LogP contribution in [-0.4, -0.2) is 80.5 Å². The van der Waals surface area contributed by atoms with Crippen molar-refractivity contribution in [1.29, 1.82) is 0 Å². The molecule has 2 fully saturated rings. The van der Waals surface area contributed by atoms with Crippen molar-refractivity contribution in [2.75, 3.05) is 52.1 Å². The summed E-state index contributed by atoms with van der Waals surface area (Å²) < 4.78 is 27.5. The van der Waals surface area contributed by atoms with Crippen LogP contribution in [0, 0.1) is 5.92 Å². The van der Waals surface area contributed by atoms with Gasteiger partial charge in [-0.2, -0.15) is 4.31 Å². The Balaban J connectivity index is 1.23. The van der Waals surface area contributed by atoms with E-state index < -0.39 is 10.0 Å². The topological polar surface area (TPSA) is 60.9 Å². The van der Waals surface area contributed by atoms with E-state index in [0.717, 1.165) is 37.6 Å². The van der Waals surface area contributed by atoms with E-state index in [1.165, 1.54) is 9.87 Å². The van der Waals surface area contributed by atoms with Gasteiger partial charge in [0.25, 0.3) is 0 Å². The molecule has 2 aromatic carbocycles. The number of rotatable bonds is 7. The molecule has 1 amide bonds. The Bertz CT molecular complexity index is 1070. The van der Waals surface area contributed by atoms with Crippen LogP contribution in [0.15, 0.2) is 70.5 Å². The first-order valence-corrected chi connectivity index (χ1v) is 14.5. The zero-order chi connectivity index (χ0) is 24.0. The lowest BCUT2D eigenvalue weighted by Gasteiger charge is -2.38. The maximum absolute atomic E-state index is 13.1. The maximum Gasteiger partial charge on any atom is 0.243 e. The molecule has 6 nitrogen and oxygen atoms in total. The first kappa shape index (κ1) is 25.0. The molecule has 0 unspecified atom stereocenters. The van der Waals surface area contributed by atoms with E-state index in [1.54, 1.807) is 23.9 Å². The van der Waals surface area contributed by atoms with Gasteiger partial charge in [-0.1, -0.05) is 42.5 Å². The number of benzene rings is 2. The van der Waals surface area contributed by atoms with Gasteiger partial charge < -0.3 is 4.90 Å². The predicted molar refractivity (Wildman–Crippen MR) is 138 cm³/mol. The van der Waals surface area contributed by atoms with Gasteiger partial charge in [-0.05, 0) is 48.9 Å². The molecule has 0 saturated carbocycles. The number of carbonyl (C=O) groups is 1. The molecule has 34 heavy (non-hydrogen) atoms. The van der Waals surface area contributed by atoms with Crippen LogP contribution in [0.4, 0.5) is 0 Å². The van der Waals surface area contributed by atoms with E-state index in [4.69, 9.17) is 0 Å². The second-order valence-corrected chi connectivity index (χ2v) is 11.6. The van der Waals surface area contributed by atoms with E-state index in [1.807, 2.05) is 41.5 Å². The normalized spacial score (nSPS) is 19.0. The summed E-state index contributed by atoms with van der Waals surface area (Å²) in [5.41, 5.74) is 1.20. The van der Waals surface area contributed by atoms with Gasteiger partial charge in [-0.15, -0.1) is 11.8 Å². The number of thioether (sulfide) groups is 1. The molecule has 182 valence electrons. The highest BCUT2D eigenvalue weighted by Crippen LogP contribution is 2.26. The fourth-order valence-corrected chi connectivity index (χ4v) is 6.43. The number of hydrogen-bond acceptors (Lipinski definition) is 5. The van der Waals surface area contributed by atoms with Crippen molar-refractivity contribution in [2.45, 2.75) is 22.6 Å². The summed E-state index contributed by atoms with van der Waals surface area (Å²) in [6.45, 7) is 4.87. The van der Waals surface area contributed by atoms with Crippen LogP contribution in [-0.2, 0) is 14.8 Å². The van der Waals surface area contributed by atoms with Crippen LogP contribution in [0.1, 0.15) is 18.4 Å². The monoisotopic (exact) mass is 499 g/mol. The highest BCUT2D eigenvalue weighted by molar-refractivity contribution is 7.98. The highest BCUT2D eigenvalue weighted by atomic mass is 32.2. The lowest BCUT2D eigenvalue weighted by atomic mass is 9.96. The van der Waals surface area contributed by atoms with Crippen molar-refractivity contribution in [1.82, 2.24) is 14.1 Å². The van der Waals surface area contributed by atoms with Crippen LogP contribution in [0.25, 0.3) is 6.08 Å². The van der Waals surface area contributed by atoms with Crippen molar-refractivity contribution in [3.63, 3.8) is 0 Å². The van der Waals surface area contributed by atoms with E-state index in [0.29, 0.717) is 30.8 Å². The summed E-state index contributed by atoms with van der Waals surface area (Å²) >= 11 is 1.59. The number of hydrogen-bond donors (Lipinski definition) is 0. The van der Waals surface area contributed by atoms with Gasteiger partial charge in [-0.25, -0.2) is 8.42 Å². The molecule has 4 rings (SSSR count). The number of piperidine rings is 1. The second-order valence-electron chi connectivity index (χ2n) is 8.79. The third-order valence-corrected chi connectivity index (χ3v) is 9.31. The number of nitrogens with zero attached hydrogens (tertiary/aromatic N) is 3. The minimum Gasteiger partial charge on any atom is -0.340 e. The Morgan fingerprint density at radius 2 is 1.59 bits per heavy atom. The molecule has 0 aliphatic carbocycles. The zero-order valence-corrected chi connectivity index (χ0v) is 21.3. The Morgan fingerprint density at radius 1 is 0.941 bits per heavy atom. The summed E-state index contributed by atoms with van der Waals surface area (Å²) in [7, 11) is -3.51. The fraction of sp³-hybridized carbons (Fsp3) is 0.423. The molecule has 0 spiro atoms. The summed E-state index contributed by atoms with van der Waals surface area (Å²) in [5.74, 6) is 0.0932. The van der Waals surface area contributed by atoms with Crippen LogP contribution in [0.2, 0.25) is 0 Å². The third kappa shape index (κ3) is 6.10. The largest absolute Gasteiger partial charge is 0.340 e. The molecular formula is C26H33N3O3S2. The molecule has 0 atom stereocenters. The van der Waals surface area contributed by atoms with Crippen molar-refractivity contribution in [2.24, 2.45) is 5.92 Å². The minimum atomic E-state index is -3.51. The van der Waals surface area contributed by atoms with Gasteiger partial charge in [0.05, 0.1) is 4.90 Å². The first-order valence-electron chi connectivity index (χ1n) is 11.8. The predicted octanol–water partition coefficient (Wildman–Crippen LogP) is 3.67. The van der Waals surface area contributed by atoms with Gasteiger partial charge in [0.1, 0.15) is 0 Å². The molecule has 2 heterocycles. The number of carbonyl (C=O) groups excluding carboxylic acids is 1. The van der Waals surface area contributed by atoms with Gasteiger partial charge in [0.15, 0.2) is 0 Å². The van der Waals surface area contributed by atoms with E-state index in [9.17, 15) is 13.2 Å². The number of amides is 1. The summed E-state index contributed by atoms with van der Waals surface area (Å²) in [6.07, 6.45) is 7.45. The number of piperazine rings is 1. The molecular weight excluding hydrogens is 466 g/mol. The lowest BCUT2D eigenvalue weighted by molar-refractivity contribution is -0.138. The second kappa shape index (κ2) is 11.5. The van der Waals surface area contributed by atoms with Gasteiger partial charge in [0, 0.05) is 56.6 Å². The van der Waals surface area contributed by atoms with Crippen molar-refractivity contribution in [3.05, 3.63) is 66.2 Å². The Kier molecular flexibility index (Phi) is 8.47. The minimum absolute atomic E-state index is 0.0881. The van der Waals surface area contributed by atoms with Gasteiger partial charge in [0.2, 0.25) is 15.9 Å². The standard InChI is InChI=1S/C26H33N3O3S2/c1-33-24-9-11-25(12-10-24)34(31,32)29-16-13-23(14-17-29)26(30)28-20-18-27(19-21-28)15-5-8-22-6-3-2-4-7-22/h2-12,23H,13-21H2,1H3. The van der Waals surface area contributed by atoms with Crippen LogP contribution in [0.5, 0.6) is 0 Å². The molecule has 8 heteroatoms. The highest BCUT2D eigenvalue weighted by Gasteiger charge is 2.34. The van der Waals surface area contributed by atoms with Crippen molar-refractivity contribution in [3.8, 4) is 0 Å². The van der Waals surface area contributed by atoms with Crippen LogP contribution < -0.4 is 0 Å². The molecule has 2 aliphatic rings. The summed E-state index contributed by atoms with van der Waals surface area (Å²) in [4.78, 5) is 18.8. The molecule has 2 aliphatic heterocycles. The average molecular weight is 500 g/mol. The van der Waals surface area contributed by atoms with Gasteiger partial charge in [-0.3, -0.25) is 9.69 Å². The van der Waals surface area contributed by atoms with Crippen LogP contribution >= 0.6 is 11.8 Å². The summed E-state index contributed by atoms with van der Waals surface area (Å²) in [5, 5.41) is 0. The lowest BCUT2D eigenvalue weighted by Crippen LogP contribution is -2.51. The van der Waals surface area contributed by atoms with Crippen molar-refractivity contribution >= 4 is 33.8 Å². The zero-order valence-electron chi connectivity index (χ0n) is 19.7. The van der Waals surface area contributed by atoms with Gasteiger partial charge >= 0.3 is 0 Å². The quantitative estimate of drug-likeness (QED) is 0.544. The number of sulfonamides is 1. The van der Waals surface area contributed by atoms with Crippen LogP contribution in [0.3, 0.4) is 0 Å².